The van der Waals surface area contributed by atoms with Crippen LogP contribution in [0.25, 0.3) is 10.2 Å². The molecule has 0 spiro atoms. The average molecular weight is 292 g/mol. The van der Waals surface area contributed by atoms with Crippen molar-refractivity contribution in [3.8, 4) is 0 Å². The van der Waals surface area contributed by atoms with Gasteiger partial charge in [0.25, 0.3) is 0 Å². The number of rotatable bonds is 4. The number of hydrogen-bond donors (Lipinski definition) is 3. The summed E-state index contributed by atoms with van der Waals surface area (Å²) in [6.45, 7) is 2.25. The van der Waals surface area contributed by atoms with Crippen molar-refractivity contribution in [1.29, 1.82) is 0 Å². The van der Waals surface area contributed by atoms with E-state index >= 15 is 0 Å². The lowest BCUT2D eigenvalue weighted by molar-refractivity contribution is 0.214. The molecular weight excluding hydrogens is 272 g/mol. The van der Waals surface area contributed by atoms with E-state index in [1.807, 2.05) is 0 Å². The monoisotopic (exact) mass is 292 g/mol. The summed E-state index contributed by atoms with van der Waals surface area (Å²) in [5.41, 5.74) is 5.57. The number of hydrogen-bond acceptors (Lipinski definition) is 6. The van der Waals surface area contributed by atoms with Crippen molar-refractivity contribution in [1.82, 2.24) is 9.97 Å². The maximum absolute atomic E-state index is 9.74. The maximum Gasteiger partial charge on any atom is 0.223 e. The van der Waals surface area contributed by atoms with Gasteiger partial charge in [-0.05, 0) is 25.3 Å². The van der Waals surface area contributed by atoms with Gasteiger partial charge >= 0.3 is 0 Å². The molecule has 3 rings (SSSR count). The predicted molar refractivity (Wildman–Crippen MR) is 83.1 cm³/mol. The van der Waals surface area contributed by atoms with Crippen LogP contribution >= 0.6 is 11.3 Å². The minimum atomic E-state index is -0.248. The molecule has 20 heavy (non-hydrogen) atoms. The van der Waals surface area contributed by atoms with Crippen LogP contribution in [0.1, 0.15) is 37.5 Å². The van der Waals surface area contributed by atoms with E-state index in [9.17, 15) is 5.11 Å². The minimum absolute atomic E-state index is 0.128. The predicted octanol–water partition coefficient (Wildman–Crippen LogP) is 2.55. The largest absolute Gasteiger partial charge is 0.394 e. The fourth-order valence-corrected chi connectivity index (χ4v) is 3.86. The summed E-state index contributed by atoms with van der Waals surface area (Å²) in [7, 11) is 0. The molecule has 0 unspecified atom stereocenters. The second kappa shape index (κ2) is 5.18. The highest BCUT2D eigenvalue weighted by Crippen LogP contribution is 2.36. The van der Waals surface area contributed by atoms with Gasteiger partial charge in [0, 0.05) is 4.88 Å². The third kappa shape index (κ3) is 2.33. The Kier molecular flexibility index (Phi) is 3.52. The third-order valence-electron chi connectivity index (χ3n) is 4.06. The molecule has 6 heteroatoms. The lowest BCUT2D eigenvalue weighted by Crippen LogP contribution is -2.39. The highest BCUT2D eigenvalue weighted by Gasteiger charge is 2.34. The summed E-state index contributed by atoms with van der Waals surface area (Å²) in [5.74, 6) is 1.05. The van der Waals surface area contributed by atoms with Crippen molar-refractivity contribution in [3.63, 3.8) is 0 Å². The molecule has 0 saturated heterocycles. The van der Waals surface area contributed by atoms with Crippen molar-refractivity contribution in [2.45, 2.75) is 44.6 Å². The quantitative estimate of drug-likeness (QED) is 0.806. The number of nitrogens with two attached hydrogens (primary N) is 1. The SMILES string of the molecule is CCc1cc2c(NC3(CO)CCCC3)nc(N)nc2s1. The van der Waals surface area contributed by atoms with Gasteiger partial charge in [-0.2, -0.15) is 4.98 Å². The van der Waals surface area contributed by atoms with E-state index in [1.165, 1.54) is 4.88 Å². The van der Waals surface area contributed by atoms with E-state index in [1.54, 1.807) is 11.3 Å². The molecule has 0 aromatic carbocycles. The number of nitrogens with one attached hydrogen (secondary N) is 1. The average Bonchev–Trinajstić information content (AvgIpc) is 3.05. The number of nitrogens with zero attached hydrogens (tertiary/aromatic N) is 2. The van der Waals surface area contributed by atoms with Gasteiger partial charge in [0.1, 0.15) is 10.6 Å². The van der Waals surface area contributed by atoms with Crippen LogP contribution in [0, 0.1) is 0 Å². The zero-order valence-electron chi connectivity index (χ0n) is 11.6. The Bertz CT molecular complexity index is 619. The molecule has 5 nitrogen and oxygen atoms in total. The lowest BCUT2D eigenvalue weighted by atomic mass is 9.99. The number of anilines is 2. The van der Waals surface area contributed by atoms with Gasteiger partial charge in [-0.25, -0.2) is 4.98 Å². The molecule has 2 aromatic heterocycles. The second-order valence-electron chi connectivity index (χ2n) is 5.49. The van der Waals surface area contributed by atoms with E-state index < -0.39 is 0 Å². The summed E-state index contributed by atoms with van der Waals surface area (Å²) in [6, 6.07) is 2.13. The Hall–Kier alpha value is -1.40. The molecule has 108 valence electrons. The first-order valence-corrected chi connectivity index (χ1v) is 7.92. The molecule has 1 aliphatic carbocycles. The number of aliphatic hydroxyl groups is 1. The Balaban J connectivity index is 2.03. The van der Waals surface area contributed by atoms with Crippen molar-refractivity contribution in [2.75, 3.05) is 17.7 Å². The van der Waals surface area contributed by atoms with E-state index in [0.717, 1.165) is 48.1 Å². The number of aryl methyl sites for hydroxylation is 1. The molecule has 0 amide bonds. The second-order valence-corrected chi connectivity index (χ2v) is 6.60. The van der Waals surface area contributed by atoms with Gasteiger partial charge in [-0.1, -0.05) is 19.8 Å². The van der Waals surface area contributed by atoms with Gasteiger partial charge in [0.2, 0.25) is 5.95 Å². The fourth-order valence-electron chi connectivity index (χ4n) is 2.88. The molecule has 2 heterocycles. The molecule has 0 atom stereocenters. The number of fused-ring (bicyclic) bond motifs is 1. The third-order valence-corrected chi connectivity index (χ3v) is 5.23. The van der Waals surface area contributed by atoms with Gasteiger partial charge in [0.05, 0.1) is 17.5 Å². The highest BCUT2D eigenvalue weighted by atomic mass is 32.1. The fraction of sp³-hybridized carbons (Fsp3) is 0.571. The molecule has 1 fully saturated rings. The summed E-state index contributed by atoms with van der Waals surface area (Å²) >= 11 is 1.66. The van der Waals surface area contributed by atoms with Crippen LogP contribution in [-0.4, -0.2) is 27.2 Å². The van der Waals surface area contributed by atoms with Crippen LogP contribution in [0.2, 0.25) is 0 Å². The smallest absolute Gasteiger partial charge is 0.223 e. The minimum Gasteiger partial charge on any atom is -0.394 e. The van der Waals surface area contributed by atoms with Crippen molar-refractivity contribution < 1.29 is 5.11 Å². The highest BCUT2D eigenvalue weighted by molar-refractivity contribution is 7.18. The van der Waals surface area contributed by atoms with E-state index in [-0.39, 0.29) is 18.1 Å². The van der Waals surface area contributed by atoms with Crippen LogP contribution in [0.5, 0.6) is 0 Å². The molecular formula is C14H20N4OS. The van der Waals surface area contributed by atoms with E-state index in [4.69, 9.17) is 5.73 Å². The number of nitrogen functional groups attached to an aromatic ring is 1. The van der Waals surface area contributed by atoms with E-state index in [0.29, 0.717) is 0 Å². The summed E-state index contributed by atoms with van der Waals surface area (Å²) in [6.07, 6.45) is 5.20. The molecule has 0 radical (unpaired) electrons. The first-order valence-electron chi connectivity index (χ1n) is 7.11. The van der Waals surface area contributed by atoms with Crippen LogP contribution in [0.15, 0.2) is 6.07 Å². The van der Waals surface area contributed by atoms with Crippen LogP contribution in [0.4, 0.5) is 11.8 Å². The van der Waals surface area contributed by atoms with Gasteiger partial charge in [-0.3, -0.25) is 0 Å². The molecule has 1 saturated carbocycles. The lowest BCUT2D eigenvalue weighted by Gasteiger charge is -2.28. The summed E-state index contributed by atoms with van der Waals surface area (Å²) < 4.78 is 0. The van der Waals surface area contributed by atoms with Gasteiger partial charge in [0.15, 0.2) is 0 Å². The molecule has 0 bridgehead atoms. The summed E-state index contributed by atoms with van der Waals surface area (Å²) in [4.78, 5) is 10.9. The van der Waals surface area contributed by atoms with Gasteiger partial charge in [-0.15, -0.1) is 11.3 Å². The van der Waals surface area contributed by atoms with Crippen LogP contribution < -0.4 is 11.1 Å². The van der Waals surface area contributed by atoms with Gasteiger partial charge < -0.3 is 16.2 Å². The number of thiophene rings is 1. The molecule has 0 aliphatic heterocycles. The molecule has 2 aromatic rings. The Labute approximate surface area is 122 Å². The van der Waals surface area contributed by atoms with Crippen molar-refractivity contribution >= 4 is 33.3 Å². The zero-order chi connectivity index (χ0) is 14.2. The molecule has 1 aliphatic rings. The van der Waals surface area contributed by atoms with Crippen LogP contribution in [0.3, 0.4) is 0 Å². The standard InChI is InChI=1S/C14H20N4OS/c1-2-9-7-10-11(16-13(15)17-12(10)20-9)18-14(8-19)5-3-4-6-14/h7,19H,2-6,8H2,1H3,(H3,15,16,17,18). The van der Waals surface area contributed by atoms with E-state index in [2.05, 4.69) is 28.3 Å². The van der Waals surface area contributed by atoms with Crippen molar-refractivity contribution in [3.05, 3.63) is 10.9 Å². The Morgan fingerprint density at radius 3 is 2.80 bits per heavy atom. The summed E-state index contributed by atoms with van der Waals surface area (Å²) in [5, 5.41) is 14.2. The Morgan fingerprint density at radius 1 is 1.40 bits per heavy atom. The van der Waals surface area contributed by atoms with Crippen LogP contribution in [-0.2, 0) is 6.42 Å². The maximum atomic E-state index is 9.74. The Morgan fingerprint density at radius 2 is 2.15 bits per heavy atom. The zero-order valence-corrected chi connectivity index (χ0v) is 12.5. The number of aliphatic hydroxyl groups excluding tert-OH is 1. The first-order chi connectivity index (χ1) is 9.65. The van der Waals surface area contributed by atoms with Crippen molar-refractivity contribution in [2.24, 2.45) is 0 Å². The normalized spacial score (nSPS) is 17.7. The topological polar surface area (TPSA) is 84.1 Å². The first kappa shape index (κ1) is 13.6. The molecule has 4 N–H and O–H groups in total. The number of aromatic nitrogens is 2.